The molecule has 120 valence electrons. The van der Waals surface area contributed by atoms with Crippen molar-refractivity contribution in [1.29, 1.82) is 0 Å². The first-order valence-corrected chi connectivity index (χ1v) is 9.00. The lowest BCUT2D eigenvalue weighted by atomic mass is 10.2. The number of fused-ring (bicyclic) bond motifs is 1. The molecule has 3 heteroatoms. The van der Waals surface area contributed by atoms with Crippen molar-refractivity contribution in [2.45, 2.75) is 65.0 Å². The molecular formula is C19H29N3. The fraction of sp³-hybridized carbons (Fsp3) is 0.632. The van der Waals surface area contributed by atoms with Crippen LogP contribution in [0.25, 0.3) is 11.0 Å². The van der Waals surface area contributed by atoms with Crippen LogP contribution in [0, 0.1) is 0 Å². The molecule has 1 aromatic carbocycles. The van der Waals surface area contributed by atoms with Crippen LogP contribution in [0.3, 0.4) is 0 Å². The van der Waals surface area contributed by atoms with Gasteiger partial charge in [-0.05, 0) is 51.4 Å². The molecular weight excluding hydrogens is 270 g/mol. The van der Waals surface area contributed by atoms with Gasteiger partial charge in [0.2, 0.25) is 0 Å². The van der Waals surface area contributed by atoms with E-state index in [4.69, 9.17) is 4.98 Å². The second-order valence-corrected chi connectivity index (χ2v) is 6.59. The maximum atomic E-state index is 4.99. The number of unbranched alkanes of at least 4 members (excludes halogenated alkanes) is 1. The highest BCUT2D eigenvalue weighted by Gasteiger charge is 2.22. The highest BCUT2D eigenvalue weighted by atomic mass is 15.2. The van der Waals surface area contributed by atoms with Crippen molar-refractivity contribution in [2.24, 2.45) is 0 Å². The first-order chi connectivity index (χ1) is 10.8. The molecule has 1 saturated heterocycles. The fourth-order valence-electron chi connectivity index (χ4n) is 3.61. The summed E-state index contributed by atoms with van der Waals surface area (Å²) in [6, 6.07) is 9.02. The van der Waals surface area contributed by atoms with Gasteiger partial charge in [0.25, 0.3) is 0 Å². The van der Waals surface area contributed by atoms with E-state index in [0.717, 1.165) is 12.1 Å². The Bertz CT molecular complexity index is 594. The molecule has 22 heavy (non-hydrogen) atoms. The molecule has 3 nitrogen and oxygen atoms in total. The largest absolute Gasteiger partial charge is 0.327 e. The molecule has 0 saturated carbocycles. The SMILES string of the molecule is CCCCn1c(C(C)N2CCCCCC2)nc2ccccc21. The van der Waals surface area contributed by atoms with Crippen LogP contribution in [0.5, 0.6) is 0 Å². The quantitative estimate of drug-likeness (QED) is 0.792. The van der Waals surface area contributed by atoms with Gasteiger partial charge in [-0.15, -0.1) is 0 Å². The van der Waals surface area contributed by atoms with Crippen LogP contribution in [-0.4, -0.2) is 27.5 Å². The monoisotopic (exact) mass is 299 g/mol. The number of imidazole rings is 1. The Hall–Kier alpha value is -1.35. The first kappa shape index (κ1) is 15.5. The molecule has 1 fully saturated rings. The summed E-state index contributed by atoms with van der Waals surface area (Å²) in [4.78, 5) is 7.63. The minimum Gasteiger partial charge on any atom is -0.327 e. The van der Waals surface area contributed by atoms with Crippen LogP contribution in [0.15, 0.2) is 24.3 Å². The van der Waals surface area contributed by atoms with Crippen molar-refractivity contribution in [2.75, 3.05) is 13.1 Å². The highest BCUT2D eigenvalue weighted by Crippen LogP contribution is 2.27. The van der Waals surface area contributed by atoms with Crippen LogP contribution in [0.4, 0.5) is 0 Å². The van der Waals surface area contributed by atoms with Gasteiger partial charge in [-0.2, -0.15) is 0 Å². The maximum absolute atomic E-state index is 4.99. The van der Waals surface area contributed by atoms with Gasteiger partial charge in [0.15, 0.2) is 0 Å². The van der Waals surface area contributed by atoms with Gasteiger partial charge in [0.05, 0.1) is 17.1 Å². The van der Waals surface area contributed by atoms with Crippen molar-refractivity contribution in [3.05, 3.63) is 30.1 Å². The summed E-state index contributed by atoms with van der Waals surface area (Å²) in [7, 11) is 0. The summed E-state index contributed by atoms with van der Waals surface area (Å²) >= 11 is 0. The van der Waals surface area contributed by atoms with Crippen LogP contribution in [-0.2, 0) is 6.54 Å². The van der Waals surface area contributed by atoms with Gasteiger partial charge >= 0.3 is 0 Å². The smallest absolute Gasteiger partial charge is 0.127 e. The molecule has 2 heterocycles. The van der Waals surface area contributed by atoms with Gasteiger partial charge in [-0.25, -0.2) is 4.98 Å². The number of likely N-dealkylation sites (tertiary alicyclic amines) is 1. The lowest BCUT2D eigenvalue weighted by Gasteiger charge is -2.27. The van der Waals surface area contributed by atoms with Crippen LogP contribution in [0.1, 0.15) is 64.2 Å². The fourth-order valence-corrected chi connectivity index (χ4v) is 3.61. The number of aromatic nitrogens is 2. The Kier molecular flexibility index (Phi) is 5.14. The van der Waals surface area contributed by atoms with Crippen molar-refractivity contribution in [3.63, 3.8) is 0 Å². The Morgan fingerprint density at radius 3 is 2.55 bits per heavy atom. The third-order valence-electron chi connectivity index (χ3n) is 4.98. The van der Waals surface area contributed by atoms with Crippen molar-refractivity contribution in [1.82, 2.24) is 14.5 Å². The molecule has 1 aliphatic rings. The summed E-state index contributed by atoms with van der Waals surface area (Å²) in [6.07, 6.45) is 7.88. The highest BCUT2D eigenvalue weighted by molar-refractivity contribution is 5.76. The number of para-hydroxylation sites is 2. The third kappa shape index (κ3) is 3.19. The number of aryl methyl sites for hydroxylation is 1. The Morgan fingerprint density at radius 2 is 1.82 bits per heavy atom. The van der Waals surface area contributed by atoms with Crippen LogP contribution < -0.4 is 0 Å². The summed E-state index contributed by atoms with van der Waals surface area (Å²) < 4.78 is 2.47. The standard InChI is InChI=1S/C19H29N3/c1-3-4-15-22-18-12-8-7-11-17(18)20-19(22)16(2)21-13-9-5-6-10-14-21/h7-8,11-12,16H,3-6,9-10,13-15H2,1-2H3. The third-order valence-corrected chi connectivity index (χ3v) is 4.98. The van der Waals surface area contributed by atoms with E-state index in [-0.39, 0.29) is 0 Å². The van der Waals surface area contributed by atoms with Crippen LogP contribution >= 0.6 is 0 Å². The minimum atomic E-state index is 0.419. The van der Waals surface area contributed by atoms with E-state index in [1.165, 1.54) is 63.0 Å². The molecule has 0 spiro atoms. The minimum absolute atomic E-state index is 0.419. The predicted molar refractivity (Wildman–Crippen MR) is 93.1 cm³/mol. The molecule has 0 bridgehead atoms. The number of hydrogen-bond acceptors (Lipinski definition) is 2. The predicted octanol–water partition coefficient (Wildman–Crippen LogP) is 4.77. The normalized spacial score (nSPS) is 18.5. The number of nitrogens with zero attached hydrogens (tertiary/aromatic N) is 3. The average Bonchev–Trinajstić information content (AvgIpc) is 2.72. The van der Waals surface area contributed by atoms with Gasteiger partial charge < -0.3 is 4.57 Å². The molecule has 2 aromatic rings. The van der Waals surface area contributed by atoms with Crippen molar-refractivity contribution >= 4 is 11.0 Å². The maximum Gasteiger partial charge on any atom is 0.127 e. The lowest BCUT2D eigenvalue weighted by molar-refractivity contribution is 0.207. The van der Waals surface area contributed by atoms with E-state index >= 15 is 0 Å². The summed E-state index contributed by atoms with van der Waals surface area (Å²) in [5.41, 5.74) is 2.45. The van der Waals surface area contributed by atoms with E-state index in [9.17, 15) is 0 Å². The second kappa shape index (κ2) is 7.28. The zero-order valence-electron chi connectivity index (χ0n) is 14.1. The summed E-state index contributed by atoms with van der Waals surface area (Å²) in [5, 5.41) is 0. The zero-order valence-corrected chi connectivity index (χ0v) is 14.1. The zero-order chi connectivity index (χ0) is 15.4. The Labute approximate surface area is 134 Å². The first-order valence-electron chi connectivity index (χ1n) is 9.00. The van der Waals surface area contributed by atoms with Crippen molar-refractivity contribution < 1.29 is 0 Å². The van der Waals surface area contributed by atoms with Crippen LogP contribution in [0.2, 0.25) is 0 Å². The number of hydrogen-bond donors (Lipinski definition) is 0. The van der Waals surface area contributed by atoms with Gasteiger partial charge in [-0.3, -0.25) is 4.90 Å². The Morgan fingerprint density at radius 1 is 1.09 bits per heavy atom. The molecule has 0 amide bonds. The van der Waals surface area contributed by atoms with Gasteiger partial charge in [0, 0.05) is 6.54 Å². The molecule has 1 atom stereocenters. The molecule has 1 aliphatic heterocycles. The second-order valence-electron chi connectivity index (χ2n) is 6.59. The lowest BCUT2D eigenvalue weighted by Crippen LogP contribution is -2.30. The van der Waals surface area contributed by atoms with E-state index < -0.39 is 0 Å². The summed E-state index contributed by atoms with van der Waals surface area (Å²) in [5.74, 6) is 1.26. The number of rotatable bonds is 5. The molecule has 1 aromatic heterocycles. The number of benzene rings is 1. The van der Waals surface area contributed by atoms with E-state index in [2.05, 4.69) is 47.6 Å². The van der Waals surface area contributed by atoms with E-state index in [0.29, 0.717) is 6.04 Å². The van der Waals surface area contributed by atoms with Crippen molar-refractivity contribution in [3.8, 4) is 0 Å². The molecule has 1 unspecified atom stereocenters. The Balaban J connectivity index is 1.93. The average molecular weight is 299 g/mol. The molecule has 3 rings (SSSR count). The molecule has 0 radical (unpaired) electrons. The molecule has 0 aliphatic carbocycles. The molecule has 0 N–H and O–H groups in total. The summed E-state index contributed by atoms with van der Waals surface area (Å²) in [6.45, 7) is 8.13. The van der Waals surface area contributed by atoms with E-state index in [1.54, 1.807) is 0 Å². The van der Waals surface area contributed by atoms with E-state index in [1.807, 2.05) is 0 Å². The topological polar surface area (TPSA) is 21.1 Å². The van der Waals surface area contributed by atoms with Gasteiger partial charge in [-0.1, -0.05) is 38.3 Å². The van der Waals surface area contributed by atoms with Gasteiger partial charge in [0.1, 0.15) is 5.82 Å².